The van der Waals surface area contributed by atoms with Crippen LogP contribution in [0, 0.1) is 13.8 Å². The Kier molecular flexibility index (Phi) is 4.08. The number of thiazole rings is 1. The van der Waals surface area contributed by atoms with E-state index in [-0.39, 0.29) is 5.91 Å². The Morgan fingerprint density at radius 1 is 1.09 bits per heavy atom. The van der Waals surface area contributed by atoms with Crippen molar-refractivity contribution < 1.29 is 4.79 Å². The predicted molar refractivity (Wildman–Crippen MR) is 93.5 cm³/mol. The lowest BCUT2D eigenvalue weighted by Crippen LogP contribution is -2.11. The van der Waals surface area contributed by atoms with Crippen LogP contribution in [0.3, 0.4) is 0 Å². The first kappa shape index (κ1) is 15.3. The van der Waals surface area contributed by atoms with Gasteiger partial charge in [0.15, 0.2) is 5.13 Å². The van der Waals surface area contributed by atoms with Gasteiger partial charge < -0.3 is 0 Å². The molecule has 0 saturated heterocycles. The van der Waals surface area contributed by atoms with Crippen molar-refractivity contribution in [3.05, 3.63) is 57.1 Å². The molecule has 1 aromatic heterocycles. The predicted octanol–water partition coefficient (Wildman–Crippen LogP) is 5.47. The van der Waals surface area contributed by atoms with Crippen molar-refractivity contribution in [2.75, 3.05) is 5.32 Å². The highest BCUT2D eigenvalue weighted by atomic mass is 35.5. The second-order valence-electron chi connectivity index (χ2n) is 5.06. The van der Waals surface area contributed by atoms with E-state index in [2.05, 4.69) is 16.4 Å². The van der Waals surface area contributed by atoms with Crippen molar-refractivity contribution in [3.63, 3.8) is 0 Å². The number of aryl methyl sites for hydroxylation is 2. The fourth-order valence-corrected chi connectivity index (χ4v) is 3.72. The Labute approximate surface area is 141 Å². The number of nitrogens with one attached hydrogen (secondary N) is 1. The molecular formula is C16H12Cl2N2OS. The van der Waals surface area contributed by atoms with Crippen molar-refractivity contribution in [1.29, 1.82) is 0 Å². The minimum Gasteiger partial charge on any atom is -0.298 e. The number of halogens is 2. The molecule has 3 aromatic rings. The van der Waals surface area contributed by atoms with E-state index in [0.29, 0.717) is 20.7 Å². The van der Waals surface area contributed by atoms with Gasteiger partial charge in [-0.05, 0) is 49.2 Å². The number of benzene rings is 2. The van der Waals surface area contributed by atoms with E-state index in [4.69, 9.17) is 23.2 Å². The van der Waals surface area contributed by atoms with Gasteiger partial charge in [0.25, 0.3) is 5.91 Å². The van der Waals surface area contributed by atoms with Gasteiger partial charge in [-0.2, -0.15) is 0 Å². The van der Waals surface area contributed by atoms with Crippen LogP contribution in [0.5, 0.6) is 0 Å². The molecule has 0 bridgehead atoms. The number of anilines is 1. The summed E-state index contributed by atoms with van der Waals surface area (Å²) >= 11 is 13.3. The number of nitrogens with zero attached hydrogens (tertiary/aromatic N) is 1. The van der Waals surface area contributed by atoms with Gasteiger partial charge >= 0.3 is 0 Å². The van der Waals surface area contributed by atoms with Crippen LogP contribution in [0.25, 0.3) is 10.2 Å². The fraction of sp³-hybridized carbons (Fsp3) is 0.125. The van der Waals surface area contributed by atoms with E-state index in [1.54, 1.807) is 18.2 Å². The van der Waals surface area contributed by atoms with E-state index in [1.165, 1.54) is 11.3 Å². The molecule has 0 atom stereocenters. The standard InChI is InChI=1S/C16H12Cl2N2OS/c1-8-3-9(2)14-13(4-8)19-16(22-14)20-15(21)10-5-11(17)7-12(18)6-10/h3-7H,1-2H3,(H,19,20,21). The molecule has 0 aliphatic rings. The molecule has 0 fully saturated rings. The summed E-state index contributed by atoms with van der Waals surface area (Å²) in [6.45, 7) is 4.06. The van der Waals surface area contributed by atoms with Crippen LogP contribution in [0.4, 0.5) is 5.13 Å². The molecule has 1 heterocycles. The highest BCUT2D eigenvalue weighted by Gasteiger charge is 2.12. The molecule has 1 amide bonds. The lowest BCUT2D eigenvalue weighted by molar-refractivity contribution is 0.102. The summed E-state index contributed by atoms with van der Waals surface area (Å²) in [7, 11) is 0. The third-order valence-corrected chi connectivity index (χ3v) is 4.72. The van der Waals surface area contributed by atoms with Crippen LogP contribution >= 0.6 is 34.5 Å². The molecule has 1 N–H and O–H groups in total. The van der Waals surface area contributed by atoms with Crippen LogP contribution in [-0.2, 0) is 0 Å². The zero-order chi connectivity index (χ0) is 15.9. The maximum atomic E-state index is 12.3. The molecule has 6 heteroatoms. The minimum absolute atomic E-state index is 0.280. The number of fused-ring (bicyclic) bond motifs is 1. The van der Waals surface area contributed by atoms with Crippen LogP contribution in [0.1, 0.15) is 21.5 Å². The molecule has 0 spiro atoms. The lowest BCUT2D eigenvalue weighted by atomic mass is 10.1. The SMILES string of the molecule is Cc1cc(C)c2sc(NC(=O)c3cc(Cl)cc(Cl)c3)nc2c1. The summed E-state index contributed by atoms with van der Waals surface area (Å²) in [5.41, 5.74) is 3.60. The third-order valence-electron chi connectivity index (χ3n) is 3.17. The molecule has 0 aliphatic carbocycles. The van der Waals surface area contributed by atoms with E-state index < -0.39 is 0 Å². The van der Waals surface area contributed by atoms with Crippen molar-refractivity contribution in [2.45, 2.75) is 13.8 Å². The van der Waals surface area contributed by atoms with Gasteiger partial charge in [-0.3, -0.25) is 10.1 Å². The summed E-state index contributed by atoms with van der Waals surface area (Å²) in [5.74, 6) is -0.280. The quantitative estimate of drug-likeness (QED) is 0.665. The summed E-state index contributed by atoms with van der Waals surface area (Å²) in [4.78, 5) is 16.8. The van der Waals surface area contributed by atoms with E-state index in [1.807, 2.05) is 19.9 Å². The lowest BCUT2D eigenvalue weighted by Gasteiger charge is -2.02. The second kappa shape index (κ2) is 5.88. The zero-order valence-corrected chi connectivity index (χ0v) is 14.2. The first-order valence-electron chi connectivity index (χ1n) is 6.57. The smallest absolute Gasteiger partial charge is 0.257 e. The summed E-state index contributed by atoms with van der Waals surface area (Å²) < 4.78 is 1.07. The summed E-state index contributed by atoms with van der Waals surface area (Å²) in [6.07, 6.45) is 0. The maximum Gasteiger partial charge on any atom is 0.257 e. The molecule has 2 aromatic carbocycles. The summed E-state index contributed by atoms with van der Waals surface area (Å²) in [6, 6.07) is 8.84. The minimum atomic E-state index is -0.280. The van der Waals surface area contributed by atoms with Crippen LogP contribution < -0.4 is 5.32 Å². The van der Waals surface area contributed by atoms with Crippen molar-refractivity contribution in [2.24, 2.45) is 0 Å². The molecule has 112 valence electrons. The molecule has 0 unspecified atom stereocenters. The van der Waals surface area contributed by atoms with E-state index in [9.17, 15) is 4.79 Å². The highest BCUT2D eigenvalue weighted by Crippen LogP contribution is 2.30. The van der Waals surface area contributed by atoms with Crippen LogP contribution in [0.15, 0.2) is 30.3 Å². The van der Waals surface area contributed by atoms with Crippen molar-refractivity contribution >= 4 is 55.8 Å². The van der Waals surface area contributed by atoms with Gasteiger partial charge in [0.1, 0.15) is 0 Å². The van der Waals surface area contributed by atoms with Gasteiger partial charge in [0.2, 0.25) is 0 Å². The number of rotatable bonds is 2. The molecule has 3 nitrogen and oxygen atoms in total. The Bertz CT molecular complexity index is 869. The molecule has 3 rings (SSSR count). The number of hydrogen-bond acceptors (Lipinski definition) is 3. The van der Waals surface area contributed by atoms with E-state index >= 15 is 0 Å². The number of amides is 1. The number of hydrogen-bond donors (Lipinski definition) is 1. The largest absolute Gasteiger partial charge is 0.298 e. The van der Waals surface area contributed by atoms with Gasteiger partial charge in [-0.25, -0.2) is 4.98 Å². The van der Waals surface area contributed by atoms with Crippen molar-refractivity contribution in [1.82, 2.24) is 4.98 Å². The van der Waals surface area contributed by atoms with Gasteiger partial charge in [-0.15, -0.1) is 0 Å². The van der Waals surface area contributed by atoms with E-state index in [0.717, 1.165) is 21.3 Å². The molecule has 0 radical (unpaired) electrons. The topological polar surface area (TPSA) is 42.0 Å². The molecule has 0 saturated carbocycles. The van der Waals surface area contributed by atoms with Gasteiger partial charge in [0.05, 0.1) is 10.2 Å². The fourth-order valence-electron chi connectivity index (χ4n) is 2.28. The van der Waals surface area contributed by atoms with Crippen LogP contribution in [0.2, 0.25) is 10.0 Å². The first-order chi connectivity index (χ1) is 10.4. The van der Waals surface area contributed by atoms with Gasteiger partial charge in [0, 0.05) is 15.6 Å². The number of carbonyl (C=O) groups excluding carboxylic acids is 1. The highest BCUT2D eigenvalue weighted by molar-refractivity contribution is 7.22. The number of aromatic nitrogens is 1. The third kappa shape index (κ3) is 3.09. The van der Waals surface area contributed by atoms with Crippen molar-refractivity contribution in [3.8, 4) is 0 Å². The second-order valence-corrected chi connectivity index (χ2v) is 6.93. The maximum absolute atomic E-state index is 12.3. The number of carbonyl (C=O) groups is 1. The molecule has 22 heavy (non-hydrogen) atoms. The first-order valence-corrected chi connectivity index (χ1v) is 8.15. The van der Waals surface area contributed by atoms with Crippen LogP contribution in [-0.4, -0.2) is 10.9 Å². The summed E-state index contributed by atoms with van der Waals surface area (Å²) in [5, 5.41) is 4.21. The molecule has 0 aliphatic heterocycles. The Balaban J connectivity index is 1.92. The zero-order valence-electron chi connectivity index (χ0n) is 11.9. The van der Waals surface area contributed by atoms with Gasteiger partial charge in [-0.1, -0.05) is 40.6 Å². The monoisotopic (exact) mass is 350 g/mol. The average molecular weight is 351 g/mol. The Morgan fingerprint density at radius 2 is 1.77 bits per heavy atom. The molecular weight excluding hydrogens is 339 g/mol. The average Bonchev–Trinajstić information content (AvgIpc) is 2.80. The Hall–Kier alpha value is -1.62. The Morgan fingerprint density at radius 3 is 2.45 bits per heavy atom. The normalized spacial score (nSPS) is 10.9.